The van der Waals surface area contributed by atoms with Crippen molar-refractivity contribution in [3.05, 3.63) is 41.2 Å². The molecule has 1 aromatic carbocycles. The predicted molar refractivity (Wildman–Crippen MR) is 112 cm³/mol. The topological polar surface area (TPSA) is 105 Å². The fourth-order valence-electron chi connectivity index (χ4n) is 2.96. The van der Waals surface area contributed by atoms with E-state index in [4.69, 9.17) is 10.3 Å². The third-order valence-corrected chi connectivity index (χ3v) is 4.41. The molecule has 2 aromatic rings. The Balaban J connectivity index is 0.00000196. The van der Waals surface area contributed by atoms with E-state index in [1.54, 1.807) is 30.0 Å². The molecule has 3 rings (SSSR count). The first-order valence-electron chi connectivity index (χ1n) is 8.53. The molecule has 10 heteroatoms. The number of rotatable bonds is 4. The molecule has 0 aliphatic carbocycles. The van der Waals surface area contributed by atoms with Gasteiger partial charge >= 0.3 is 0 Å². The Kier molecular flexibility index (Phi) is 8.74. The number of piperazine rings is 1. The van der Waals surface area contributed by atoms with E-state index in [0.29, 0.717) is 49.0 Å². The molecule has 2 amide bonds. The summed E-state index contributed by atoms with van der Waals surface area (Å²) in [5, 5.41) is 6.45. The summed E-state index contributed by atoms with van der Waals surface area (Å²) in [6.07, 6.45) is 0. The van der Waals surface area contributed by atoms with Crippen molar-refractivity contribution in [3.63, 3.8) is 0 Å². The van der Waals surface area contributed by atoms with Crippen LogP contribution in [0.3, 0.4) is 0 Å². The SMILES string of the molecule is Cc1cc(NC(=O)CN2CCN(C(=O)c3cc(N)ccc3C)CC2)no1.Cl.Cl. The van der Waals surface area contributed by atoms with Gasteiger partial charge in [0.15, 0.2) is 5.82 Å². The van der Waals surface area contributed by atoms with Gasteiger partial charge < -0.3 is 20.5 Å². The van der Waals surface area contributed by atoms with Crippen molar-refractivity contribution in [1.29, 1.82) is 0 Å². The first-order valence-corrected chi connectivity index (χ1v) is 8.53. The Bertz CT molecular complexity index is 819. The van der Waals surface area contributed by atoms with Crippen LogP contribution in [0.2, 0.25) is 0 Å². The summed E-state index contributed by atoms with van der Waals surface area (Å²) in [7, 11) is 0. The van der Waals surface area contributed by atoms with E-state index in [0.717, 1.165) is 5.56 Å². The maximum atomic E-state index is 12.7. The lowest BCUT2D eigenvalue weighted by Crippen LogP contribution is -2.50. The molecule has 28 heavy (non-hydrogen) atoms. The zero-order valence-electron chi connectivity index (χ0n) is 15.8. The quantitative estimate of drug-likeness (QED) is 0.720. The highest BCUT2D eigenvalue weighted by Gasteiger charge is 2.24. The Morgan fingerprint density at radius 1 is 1.14 bits per heavy atom. The molecule has 0 atom stereocenters. The zero-order valence-corrected chi connectivity index (χ0v) is 17.4. The normalized spacial score (nSPS) is 14.0. The summed E-state index contributed by atoms with van der Waals surface area (Å²) in [5.41, 5.74) is 7.93. The van der Waals surface area contributed by atoms with Crippen molar-refractivity contribution in [2.24, 2.45) is 0 Å². The van der Waals surface area contributed by atoms with E-state index in [9.17, 15) is 9.59 Å². The molecule has 154 valence electrons. The van der Waals surface area contributed by atoms with Gasteiger partial charge in [0.05, 0.1) is 6.54 Å². The molecular formula is C18H25Cl2N5O3. The van der Waals surface area contributed by atoms with E-state index >= 15 is 0 Å². The third-order valence-electron chi connectivity index (χ3n) is 4.41. The molecule has 2 heterocycles. The van der Waals surface area contributed by atoms with Gasteiger partial charge in [-0.1, -0.05) is 11.2 Å². The molecule has 0 unspecified atom stereocenters. The van der Waals surface area contributed by atoms with Gasteiger partial charge in [-0.15, -0.1) is 24.8 Å². The number of hydrogen-bond donors (Lipinski definition) is 2. The molecule has 0 saturated carbocycles. The maximum absolute atomic E-state index is 12.7. The molecule has 1 saturated heterocycles. The number of halogens is 2. The predicted octanol–water partition coefficient (Wildman–Crippen LogP) is 2.11. The third kappa shape index (κ3) is 5.85. The van der Waals surface area contributed by atoms with E-state index in [-0.39, 0.29) is 43.2 Å². The first kappa shape index (κ1) is 23.7. The summed E-state index contributed by atoms with van der Waals surface area (Å²) in [6.45, 7) is 6.34. The summed E-state index contributed by atoms with van der Waals surface area (Å²) < 4.78 is 4.92. The number of carbonyl (C=O) groups is 2. The van der Waals surface area contributed by atoms with Crippen LogP contribution in [-0.4, -0.2) is 59.5 Å². The number of hydrogen-bond acceptors (Lipinski definition) is 6. The van der Waals surface area contributed by atoms with Gasteiger partial charge in [-0.3, -0.25) is 14.5 Å². The molecule has 3 N–H and O–H groups in total. The van der Waals surface area contributed by atoms with Crippen LogP contribution >= 0.6 is 24.8 Å². The molecular weight excluding hydrogens is 405 g/mol. The molecule has 1 aliphatic rings. The van der Waals surface area contributed by atoms with Crippen LogP contribution < -0.4 is 11.1 Å². The van der Waals surface area contributed by atoms with Crippen LogP contribution in [0.5, 0.6) is 0 Å². The average molecular weight is 430 g/mol. The van der Waals surface area contributed by atoms with Crippen molar-refractivity contribution in [1.82, 2.24) is 15.0 Å². The van der Waals surface area contributed by atoms with Crippen molar-refractivity contribution in [3.8, 4) is 0 Å². The summed E-state index contributed by atoms with van der Waals surface area (Å²) in [6, 6.07) is 7.04. The molecule has 0 bridgehead atoms. The van der Waals surface area contributed by atoms with Crippen LogP contribution in [0, 0.1) is 13.8 Å². The highest BCUT2D eigenvalue weighted by atomic mass is 35.5. The van der Waals surface area contributed by atoms with Crippen LogP contribution in [0.4, 0.5) is 11.5 Å². The van der Waals surface area contributed by atoms with Crippen LogP contribution in [0.25, 0.3) is 0 Å². The Morgan fingerprint density at radius 3 is 2.43 bits per heavy atom. The maximum Gasteiger partial charge on any atom is 0.254 e. The fraction of sp³-hybridized carbons (Fsp3) is 0.389. The van der Waals surface area contributed by atoms with Gasteiger partial charge in [-0.05, 0) is 31.5 Å². The highest BCUT2D eigenvalue weighted by molar-refractivity contribution is 5.96. The van der Waals surface area contributed by atoms with E-state index in [1.807, 2.05) is 17.9 Å². The fourth-order valence-corrected chi connectivity index (χ4v) is 2.96. The van der Waals surface area contributed by atoms with Gasteiger partial charge in [-0.2, -0.15) is 0 Å². The number of carbonyl (C=O) groups excluding carboxylic acids is 2. The van der Waals surface area contributed by atoms with E-state index in [2.05, 4.69) is 10.5 Å². The van der Waals surface area contributed by atoms with Gasteiger partial charge in [0, 0.05) is 43.5 Å². The van der Waals surface area contributed by atoms with Crippen molar-refractivity contribution in [2.75, 3.05) is 43.8 Å². The lowest BCUT2D eigenvalue weighted by Gasteiger charge is -2.34. The number of anilines is 2. The number of amides is 2. The van der Waals surface area contributed by atoms with Crippen molar-refractivity contribution in [2.45, 2.75) is 13.8 Å². The van der Waals surface area contributed by atoms with E-state index < -0.39 is 0 Å². The minimum atomic E-state index is -0.148. The molecule has 1 aliphatic heterocycles. The average Bonchev–Trinajstić information content (AvgIpc) is 3.01. The number of nitrogens with zero attached hydrogens (tertiary/aromatic N) is 3. The van der Waals surface area contributed by atoms with Crippen molar-refractivity contribution >= 4 is 48.1 Å². The molecule has 0 radical (unpaired) electrons. The van der Waals surface area contributed by atoms with Gasteiger partial charge in [-0.25, -0.2) is 0 Å². The van der Waals surface area contributed by atoms with Crippen LogP contribution in [0.1, 0.15) is 21.7 Å². The Hall–Kier alpha value is -2.29. The van der Waals surface area contributed by atoms with Gasteiger partial charge in [0.2, 0.25) is 5.91 Å². The number of nitrogens with one attached hydrogen (secondary N) is 1. The standard InChI is InChI=1S/C18H23N5O3.2ClH/c1-12-3-4-14(19)10-15(12)18(25)23-7-5-22(6-8-23)11-17(24)20-16-9-13(2)26-21-16;;/h3-4,9-10H,5-8,11,19H2,1-2H3,(H,20,21,24);2*1H. The molecule has 1 fully saturated rings. The van der Waals surface area contributed by atoms with Gasteiger partial charge in [0.1, 0.15) is 5.76 Å². The minimum Gasteiger partial charge on any atom is -0.399 e. The van der Waals surface area contributed by atoms with Gasteiger partial charge in [0.25, 0.3) is 5.91 Å². The lowest BCUT2D eigenvalue weighted by atomic mass is 10.1. The summed E-state index contributed by atoms with van der Waals surface area (Å²) in [5.74, 6) is 0.893. The number of aryl methyl sites for hydroxylation is 2. The monoisotopic (exact) mass is 429 g/mol. The second-order valence-electron chi connectivity index (χ2n) is 6.51. The van der Waals surface area contributed by atoms with Crippen molar-refractivity contribution < 1.29 is 14.1 Å². The smallest absolute Gasteiger partial charge is 0.254 e. The molecule has 8 nitrogen and oxygen atoms in total. The number of aromatic nitrogens is 1. The molecule has 1 aromatic heterocycles. The number of benzene rings is 1. The minimum absolute atomic E-state index is 0. The number of nitrogen functional groups attached to an aromatic ring is 1. The Labute approximate surface area is 176 Å². The highest BCUT2D eigenvalue weighted by Crippen LogP contribution is 2.16. The van der Waals surface area contributed by atoms with Crippen LogP contribution in [0.15, 0.2) is 28.8 Å². The lowest BCUT2D eigenvalue weighted by molar-refractivity contribution is -0.117. The molecule has 0 spiro atoms. The summed E-state index contributed by atoms with van der Waals surface area (Å²) >= 11 is 0. The van der Waals surface area contributed by atoms with E-state index in [1.165, 1.54) is 0 Å². The first-order chi connectivity index (χ1) is 12.4. The summed E-state index contributed by atoms with van der Waals surface area (Å²) in [4.78, 5) is 28.6. The second-order valence-corrected chi connectivity index (χ2v) is 6.51. The Morgan fingerprint density at radius 2 is 1.82 bits per heavy atom. The van der Waals surface area contributed by atoms with Crippen LogP contribution in [-0.2, 0) is 4.79 Å². The second kappa shape index (κ2) is 10.3. The largest absolute Gasteiger partial charge is 0.399 e. The zero-order chi connectivity index (χ0) is 18.7. The number of nitrogens with two attached hydrogens (primary N) is 1.